The number of benzene rings is 1. The Morgan fingerprint density at radius 1 is 1.15 bits per heavy atom. The SMILES string of the molecule is C=Cc1c(/C=C\C)c2ccc3[nH]ccc3c2n1C.CC. The minimum absolute atomic E-state index is 1.16. The summed E-state index contributed by atoms with van der Waals surface area (Å²) in [5, 5.41) is 2.53. The van der Waals surface area contributed by atoms with Crippen LogP contribution in [0.15, 0.2) is 37.1 Å². The zero-order chi connectivity index (χ0) is 14.7. The van der Waals surface area contributed by atoms with E-state index in [1.807, 2.05) is 33.0 Å². The molecule has 0 saturated carbocycles. The fourth-order valence-electron chi connectivity index (χ4n) is 2.72. The molecule has 1 aromatic carbocycles. The Hall–Kier alpha value is -2.22. The molecule has 104 valence electrons. The molecular weight excluding hydrogens is 244 g/mol. The van der Waals surface area contributed by atoms with Gasteiger partial charge in [0.05, 0.1) is 5.52 Å². The zero-order valence-electron chi connectivity index (χ0n) is 12.7. The lowest BCUT2D eigenvalue weighted by molar-refractivity contribution is 0.957. The maximum atomic E-state index is 3.94. The highest BCUT2D eigenvalue weighted by molar-refractivity contribution is 6.09. The quantitative estimate of drug-likeness (QED) is 0.644. The number of aryl methyl sites for hydroxylation is 1. The zero-order valence-corrected chi connectivity index (χ0v) is 12.7. The van der Waals surface area contributed by atoms with Crippen molar-refractivity contribution in [1.29, 1.82) is 0 Å². The summed E-state index contributed by atoms with van der Waals surface area (Å²) in [5.41, 5.74) is 4.84. The molecule has 0 bridgehead atoms. The summed E-state index contributed by atoms with van der Waals surface area (Å²) in [6.07, 6.45) is 8.13. The van der Waals surface area contributed by atoms with Crippen LogP contribution in [-0.2, 0) is 7.05 Å². The van der Waals surface area contributed by atoms with Gasteiger partial charge in [-0.05, 0) is 25.1 Å². The van der Waals surface area contributed by atoms with E-state index in [9.17, 15) is 0 Å². The standard InChI is InChI=1S/C16H16N2.C2H6/c1-4-6-11-12-7-8-14-13(9-10-17-14)16(12)18(3)15(11)5-2;1-2/h4-10,17H,2H2,1,3H3;1-2H3/b6-4-;. The van der Waals surface area contributed by atoms with Crippen molar-refractivity contribution in [1.82, 2.24) is 9.55 Å². The summed E-state index contributed by atoms with van der Waals surface area (Å²) in [5.74, 6) is 0. The number of fused-ring (bicyclic) bond motifs is 3. The predicted octanol–water partition coefficient (Wildman–Crippen LogP) is 5.36. The minimum atomic E-state index is 1.16. The molecule has 0 unspecified atom stereocenters. The van der Waals surface area contributed by atoms with Crippen molar-refractivity contribution < 1.29 is 0 Å². The molecular formula is C18H22N2. The van der Waals surface area contributed by atoms with E-state index in [4.69, 9.17) is 0 Å². The lowest BCUT2D eigenvalue weighted by atomic mass is 10.1. The molecule has 0 aliphatic rings. The van der Waals surface area contributed by atoms with Gasteiger partial charge in [0.1, 0.15) is 0 Å². The van der Waals surface area contributed by atoms with E-state index in [2.05, 4.69) is 53.5 Å². The summed E-state index contributed by atoms with van der Waals surface area (Å²) in [6, 6.07) is 6.44. The monoisotopic (exact) mass is 266 g/mol. The molecule has 2 heterocycles. The van der Waals surface area contributed by atoms with Gasteiger partial charge in [0.2, 0.25) is 0 Å². The first-order chi connectivity index (χ1) is 9.77. The van der Waals surface area contributed by atoms with Crippen LogP contribution in [0.3, 0.4) is 0 Å². The van der Waals surface area contributed by atoms with E-state index in [0.29, 0.717) is 0 Å². The number of nitrogens with zero attached hydrogens (tertiary/aromatic N) is 1. The molecule has 0 amide bonds. The maximum Gasteiger partial charge on any atom is 0.0583 e. The summed E-state index contributed by atoms with van der Waals surface area (Å²) < 4.78 is 2.22. The van der Waals surface area contributed by atoms with E-state index >= 15 is 0 Å². The van der Waals surface area contributed by atoms with Crippen LogP contribution in [0.5, 0.6) is 0 Å². The lowest BCUT2D eigenvalue weighted by Crippen LogP contribution is -1.90. The van der Waals surface area contributed by atoms with Gasteiger partial charge in [-0.3, -0.25) is 0 Å². The largest absolute Gasteiger partial charge is 0.361 e. The van der Waals surface area contributed by atoms with Gasteiger partial charge in [-0.2, -0.15) is 0 Å². The highest BCUT2D eigenvalue weighted by atomic mass is 14.9. The normalized spacial score (nSPS) is 11.0. The van der Waals surface area contributed by atoms with Gasteiger partial charge >= 0.3 is 0 Å². The van der Waals surface area contributed by atoms with E-state index in [-0.39, 0.29) is 0 Å². The molecule has 2 aromatic heterocycles. The fraction of sp³-hybridized carbons (Fsp3) is 0.222. The van der Waals surface area contributed by atoms with Gasteiger partial charge in [-0.1, -0.05) is 38.6 Å². The molecule has 0 radical (unpaired) electrons. The average Bonchev–Trinajstić information content (AvgIpc) is 3.05. The molecule has 3 aromatic rings. The van der Waals surface area contributed by atoms with E-state index < -0.39 is 0 Å². The Kier molecular flexibility index (Phi) is 4.14. The average molecular weight is 266 g/mol. The summed E-state index contributed by atoms with van der Waals surface area (Å²) in [7, 11) is 2.10. The van der Waals surface area contributed by atoms with E-state index in [1.165, 1.54) is 27.4 Å². The Balaban J connectivity index is 0.000000704. The van der Waals surface area contributed by atoms with Gasteiger partial charge in [-0.15, -0.1) is 0 Å². The van der Waals surface area contributed by atoms with Crippen molar-refractivity contribution in [3.63, 3.8) is 0 Å². The van der Waals surface area contributed by atoms with Crippen LogP contribution in [-0.4, -0.2) is 9.55 Å². The number of nitrogens with one attached hydrogen (secondary N) is 1. The Bertz CT molecular complexity index is 770. The second-order valence-electron chi connectivity index (χ2n) is 4.46. The summed E-state index contributed by atoms with van der Waals surface area (Å²) in [6.45, 7) is 9.98. The van der Waals surface area contributed by atoms with Gasteiger partial charge < -0.3 is 9.55 Å². The third-order valence-electron chi connectivity index (χ3n) is 3.50. The highest BCUT2D eigenvalue weighted by Crippen LogP contribution is 2.32. The number of aromatic nitrogens is 2. The molecule has 2 nitrogen and oxygen atoms in total. The fourth-order valence-corrected chi connectivity index (χ4v) is 2.72. The van der Waals surface area contributed by atoms with Crippen molar-refractivity contribution in [3.05, 3.63) is 48.3 Å². The van der Waals surface area contributed by atoms with E-state index in [1.54, 1.807) is 0 Å². The van der Waals surface area contributed by atoms with Gasteiger partial charge in [0.25, 0.3) is 0 Å². The molecule has 0 saturated heterocycles. The number of H-pyrrole nitrogens is 1. The van der Waals surface area contributed by atoms with Crippen LogP contribution < -0.4 is 0 Å². The first kappa shape index (κ1) is 14.2. The maximum absolute atomic E-state index is 3.94. The minimum Gasteiger partial charge on any atom is -0.361 e. The number of hydrogen-bond donors (Lipinski definition) is 1. The van der Waals surface area contributed by atoms with Crippen molar-refractivity contribution >= 4 is 34.0 Å². The second kappa shape index (κ2) is 5.83. The number of allylic oxidation sites excluding steroid dienone is 1. The van der Waals surface area contributed by atoms with Crippen molar-refractivity contribution in [3.8, 4) is 0 Å². The van der Waals surface area contributed by atoms with Gasteiger partial charge in [-0.25, -0.2) is 0 Å². The van der Waals surface area contributed by atoms with Gasteiger partial charge in [0, 0.05) is 40.8 Å². The lowest BCUT2D eigenvalue weighted by Gasteiger charge is -2.00. The molecule has 20 heavy (non-hydrogen) atoms. The molecule has 0 atom stereocenters. The van der Waals surface area contributed by atoms with Crippen LogP contribution in [0.1, 0.15) is 32.0 Å². The molecule has 0 spiro atoms. The number of rotatable bonds is 2. The molecule has 0 aliphatic heterocycles. The Morgan fingerprint density at radius 2 is 1.90 bits per heavy atom. The Morgan fingerprint density at radius 3 is 2.55 bits per heavy atom. The first-order valence-electron chi connectivity index (χ1n) is 7.11. The molecule has 3 rings (SSSR count). The highest BCUT2D eigenvalue weighted by Gasteiger charge is 2.13. The van der Waals surface area contributed by atoms with Crippen molar-refractivity contribution in [2.45, 2.75) is 20.8 Å². The third-order valence-corrected chi connectivity index (χ3v) is 3.50. The third kappa shape index (κ3) is 1.97. The van der Waals surface area contributed by atoms with Crippen molar-refractivity contribution in [2.24, 2.45) is 7.05 Å². The van der Waals surface area contributed by atoms with Crippen LogP contribution in [0.4, 0.5) is 0 Å². The topological polar surface area (TPSA) is 20.7 Å². The second-order valence-corrected chi connectivity index (χ2v) is 4.46. The van der Waals surface area contributed by atoms with Crippen molar-refractivity contribution in [2.75, 3.05) is 0 Å². The van der Waals surface area contributed by atoms with E-state index in [0.717, 1.165) is 5.69 Å². The number of hydrogen-bond acceptors (Lipinski definition) is 0. The number of aromatic amines is 1. The smallest absolute Gasteiger partial charge is 0.0583 e. The molecule has 1 N–H and O–H groups in total. The first-order valence-corrected chi connectivity index (χ1v) is 7.11. The Labute approximate surface area is 120 Å². The summed E-state index contributed by atoms with van der Waals surface area (Å²) in [4.78, 5) is 3.26. The van der Waals surface area contributed by atoms with Crippen LogP contribution in [0.2, 0.25) is 0 Å². The van der Waals surface area contributed by atoms with Gasteiger partial charge in [0.15, 0.2) is 0 Å². The molecule has 2 heteroatoms. The van der Waals surface area contributed by atoms with Crippen LogP contribution in [0, 0.1) is 0 Å². The van der Waals surface area contributed by atoms with Crippen LogP contribution in [0.25, 0.3) is 34.0 Å². The predicted molar refractivity (Wildman–Crippen MR) is 90.9 cm³/mol. The molecule has 0 aliphatic carbocycles. The molecule has 0 fully saturated rings. The van der Waals surface area contributed by atoms with Crippen LogP contribution >= 0.6 is 0 Å². The summed E-state index contributed by atoms with van der Waals surface area (Å²) >= 11 is 0.